The molecule has 0 radical (unpaired) electrons. The number of rotatable bonds is 7. The summed E-state index contributed by atoms with van der Waals surface area (Å²) in [6.07, 6.45) is 9.95. The minimum atomic E-state index is -0.516. The highest BCUT2D eigenvalue weighted by Gasteiger charge is 2.90. The van der Waals surface area contributed by atoms with E-state index >= 15 is 0 Å². The van der Waals surface area contributed by atoms with Gasteiger partial charge in [-0.05, 0) is 163 Å². The zero-order valence-corrected chi connectivity index (χ0v) is 38.6. The largest absolute Gasteiger partial charge is 0.310 e. The molecule has 0 bridgehead atoms. The second kappa shape index (κ2) is 13.8. The molecule has 2 spiro atoms. The normalized spacial score (nSPS) is 25.8. The van der Waals surface area contributed by atoms with E-state index in [2.05, 4.69) is 235 Å². The van der Waals surface area contributed by atoms with Gasteiger partial charge in [-0.3, -0.25) is 0 Å². The molecule has 9 aromatic carbocycles. The third kappa shape index (κ3) is 4.63. The Balaban J connectivity index is 0.948. The van der Waals surface area contributed by atoms with Gasteiger partial charge in [0.25, 0.3) is 0 Å². The number of allylic oxidation sites excluding steroid dienone is 1. The maximum atomic E-state index is 2.67. The number of hydrogen-bond donors (Lipinski definition) is 0. The lowest BCUT2D eigenvalue weighted by atomic mass is 9.11. The first-order valence-corrected chi connectivity index (χ1v) is 25.6. The first-order valence-electron chi connectivity index (χ1n) is 25.6. The molecule has 5 unspecified atom stereocenters. The fourth-order valence-electron chi connectivity index (χ4n) is 16.8. The van der Waals surface area contributed by atoms with Gasteiger partial charge >= 0.3 is 0 Å². The van der Waals surface area contributed by atoms with Crippen LogP contribution in [0.4, 0.5) is 17.1 Å². The molecule has 328 valence electrons. The number of fused-ring (bicyclic) bond motifs is 11. The predicted octanol–water partition coefficient (Wildman–Crippen LogP) is 16.7. The Morgan fingerprint density at radius 2 is 0.971 bits per heavy atom. The second-order valence-electron chi connectivity index (χ2n) is 21.4. The molecule has 4 fully saturated rings. The van der Waals surface area contributed by atoms with E-state index in [4.69, 9.17) is 0 Å². The van der Waals surface area contributed by atoms with Crippen LogP contribution in [0.25, 0.3) is 39.5 Å². The van der Waals surface area contributed by atoms with Crippen molar-refractivity contribution in [2.24, 2.45) is 29.1 Å². The monoisotopic (exact) mass is 881 g/mol. The number of benzene rings is 9. The first kappa shape index (κ1) is 38.5. The summed E-state index contributed by atoms with van der Waals surface area (Å²) in [5.41, 5.74) is 24.4. The van der Waals surface area contributed by atoms with E-state index in [9.17, 15) is 0 Å². The summed E-state index contributed by atoms with van der Waals surface area (Å²) < 4.78 is 0. The van der Waals surface area contributed by atoms with Crippen LogP contribution in [0.2, 0.25) is 0 Å². The van der Waals surface area contributed by atoms with Crippen molar-refractivity contribution in [2.75, 3.05) is 4.90 Å². The lowest BCUT2D eigenvalue weighted by Gasteiger charge is -2.92. The van der Waals surface area contributed by atoms with Crippen LogP contribution in [-0.2, 0) is 10.8 Å². The van der Waals surface area contributed by atoms with Crippen molar-refractivity contribution in [1.29, 1.82) is 0 Å². The van der Waals surface area contributed by atoms with Gasteiger partial charge < -0.3 is 4.90 Å². The van der Waals surface area contributed by atoms with Crippen molar-refractivity contribution >= 4 is 23.1 Å². The molecule has 0 amide bonds. The third-order valence-corrected chi connectivity index (χ3v) is 19.2. The standard InChI is InChI=1S/C68H51N/c1-3-18-43(19-4-1)51-30-15-20-44-21-16-31-57(65(44)51)56-29-10-14-35-62(56)69(50-36-37-55-54-28-9-13-34-60(54)68(61(55)42-50)63-40-47-38-48-41-64(68)67(47,48)63)49-25-17-24-46(39-49)66(45-22-5-2-6-23-45)58-32-11-7-26-52(58)53-27-8-12-33-59(53)66/h1-29,31-37,39,42,47-48,51,63-64H,30,38,40-41H2. The summed E-state index contributed by atoms with van der Waals surface area (Å²) in [4.78, 5) is 2.64. The Labute approximate surface area is 405 Å². The zero-order chi connectivity index (χ0) is 45.1. The molecule has 4 saturated carbocycles. The summed E-state index contributed by atoms with van der Waals surface area (Å²) in [6, 6.07) is 83.8. The minimum absolute atomic E-state index is 0.102. The molecule has 7 aliphatic carbocycles. The van der Waals surface area contributed by atoms with Crippen molar-refractivity contribution in [3.63, 3.8) is 0 Å². The fraction of sp³-hybridized carbons (Fsp3) is 0.176. The van der Waals surface area contributed by atoms with E-state index in [1.807, 2.05) is 0 Å². The van der Waals surface area contributed by atoms with Gasteiger partial charge in [0.2, 0.25) is 0 Å². The molecule has 7 aliphatic rings. The Kier molecular flexibility index (Phi) is 7.71. The molecular weight excluding hydrogens is 831 g/mol. The fourth-order valence-corrected chi connectivity index (χ4v) is 16.8. The molecule has 0 heterocycles. The van der Waals surface area contributed by atoms with E-state index in [0.29, 0.717) is 5.41 Å². The van der Waals surface area contributed by atoms with Gasteiger partial charge in [0.15, 0.2) is 0 Å². The van der Waals surface area contributed by atoms with Gasteiger partial charge in [-0.15, -0.1) is 0 Å². The summed E-state index contributed by atoms with van der Waals surface area (Å²) in [5, 5.41) is 0. The van der Waals surface area contributed by atoms with Crippen LogP contribution in [0.1, 0.15) is 81.7 Å². The zero-order valence-electron chi connectivity index (χ0n) is 38.6. The smallest absolute Gasteiger partial charge is 0.0714 e. The molecule has 1 heteroatoms. The van der Waals surface area contributed by atoms with Gasteiger partial charge in [0.1, 0.15) is 0 Å². The highest BCUT2D eigenvalue weighted by Crippen LogP contribution is 2.95. The van der Waals surface area contributed by atoms with Gasteiger partial charge in [0, 0.05) is 28.3 Å². The van der Waals surface area contributed by atoms with Crippen LogP contribution in [-0.4, -0.2) is 0 Å². The molecule has 9 aromatic rings. The van der Waals surface area contributed by atoms with Crippen molar-refractivity contribution in [3.05, 3.63) is 275 Å². The number of para-hydroxylation sites is 1. The van der Waals surface area contributed by atoms with Gasteiger partial charge in [0.05, 0.1) is 11.1 Å². The Morgan fingerprint density at radius 3 is 1.70 bits per heavy atom. The van der Waals surface area contributed by atoms with Crippen LogP contribution < -0.4 is 4.90 Å². The first-order chi connectivity index (χ1) is 34.2. The molecule has 5 atom stereocenters. The van der Waals surface area contributed by atoms with Crippen LogP contribution in [0, 0.1) is 29.1 Å². The second-order valence-corrected chi connectivity index (χ2v) is 21.4. The van der Waals surface area contributed by atoms with Gasteiger partial charge in [-0.2, -0.15) is 0 Å². The van der Waals surface area contributed by atoms with Crippen molar-refractivity contribution in [2.45, 2.75) is 42.4 Å². The maximum Gasteiger partial charge on any atom is 0.0714 e. The maximum absolute atomic E-state index is 2.67. The summed E-state index contributed by atoms with van der Waals surface area (Å²) in [5.74, 6) is 3.67. The summed E-state index contributed by atoms with van der Waals surface area (Å²) in [7, 11) is 0. The Hall–Kier alpha value is -7.48. The van der Waals surface area contributed by atoms with Crippen molar-refractivity contribution in [1.82, 2.24) is 0 Å². The van der Waals surface area contributed by atoms with Crippen LogP contribution in [0.15, 0.2) is 224 Å². The van der Waals surface area contributed by atoms with Crippen LogP contribution in [0.5, 0.6) is 0 Å². The van der Waals surface area contributed by atoms with Crippen LogP contribution >= 0.6 is 0 Å². The minimum Gasteiger partial charge on any atom is -0.310 e. The van der Waals surface area contributed by atoms with E-state index in [1.54, 1.807) is 11.1 Å². The van der Waals surface area contributed by atoms with Gasteiger partial charge in [-0.25, -0.2) is 0 Å². The highest BCUT2D eigenvalue weighted by molar-refractivity contribution is 5.94. The molecule has 69 heavy (non-hydrogen) atoms. The number of hydrogen-bond acceptors (Lipinski definition) is 1. The molecule has 0 saturated heterocycles. The number of nitrogens with zero attached hydrogens (tertiary/aromatic N) is 1. The molecule has 16 rings (SSSR count). The average Bonchev–Trinajstić information content (AvgIpc) is 3.87. The lowest BCUT2D eigenvalue weighted by molar-refractivity contribution is -0.412. The summed E-state index contributed by atoms with van der Waals surface area (Å²) >= 11 is 0. The summed E-state index contributed by atoms with van der Waals surface area (Å²) in [6.45, 7) is 0. The average molecular weight is 882 g/mol. The lowest BCUT2D eigenvalue weighted by Crippen LogP contribution is -2.88. The van der Waals surface area contributed by atoms with E-state index in [-0.39, 0.29) is 11.3 Å². The van der Waals surface area contributed by atoms with E-state index in [0.717, 1.165) is 30.1 Å². The molecular formula is C68H51N. The number of anilines is 3. The SMILES string of the molecule is C1=Cc2cccc(-c3ccccc3N(c3cccc(C4(c5ccccc5)c5ccccc5-c5ccccc54)c3)c3ccc4c(c3)C3(c5ccccc5-4)C4CC5CC6CC3C564)c2C(c2ccccc2)C1. The topological polar surface area (TPSA) is 3.24 Å². The predicted molar refractivity (Wildman–Crippen MR) is 282 cm³/mol. The molecule has 1 nitrogen and oxygen atoms in total. The van der Waals surface area contributed by atoms with E-state index in [1.165, 1.54) is 109 Å². The molecule has 0 aromatic heterocycles. The van der Waals surface area contributed by atoms with Crippen molar-refractivity contribution in [3.8, 4) is 33.4 Å². The Bertz CT molecular complexity index is 3570. The quantitative estimate of drug-likeness (QED) is 0.154. The Morgan fingerprint density at radius 1 is 0.406 bits per heavy atom. The third-order valence-electron chi connectivity index (χ3n) is 19.2. The van der Waals surface area contributed by atoms with E-state index < -0.39 is 5.41 Å². The highest BCUT2D eigenvalue weighted by atomic mass is 15.1. The molecule has 0 N–H and O–H groups in total. The van der Waals surface area contributed by atoms with Crippen LogP contribution in [0.3, 0.4) is 0 Å². The van der Waals surface area contributed by atoms with Crippen molar-refractivity contribution < 1.29 is 0 Å². The van der Waals surface area contributed by atoms with Gasteiger partial charge in [-0.1, -0.05) is 200 Å². The molecule has 0 aliphatic heterocycles.